The topological polar surface area (TPSA) is 62.2 Å². The van der Waals surface area contributed by atoms with E-state index >= 15 is 0 Å². The summed E-state index contributed by atoms with van der Waals surface area (Å²) in [4.78, 5) is 14.5. The first-order chi connectivity index (χ1) is 6.63. The van der Waals surface area contributed by atoms with Gasteiger partial charge in [0.15, 0.2) is 0 Å². The molecule has 0 saturated carbocycles. The highest BCUT2D eigenvalue weighted by molar-refractivity contribution is 5.87. The highest BCUT2D eigenvalue weighted by atomic mass is 16.4. The fourth-order valence-corrected chi connectivity index (χ4v) is 0.960. The van der Waals surface area contributed by atoms with Gasteiger partial charge in [-0.1, -0.05) is 6.92 Å². The van der Waals surface area contributed by atoms with Gasteiger partial charge in [-0.2, -0.15) is 0 Å². The number of carbonyl (C=O) groups is 1. The Hall–Kier alpha value is -1.58. The monoisotopic (exact) mass is 194 g/mol. The minimum atomic E-state index is -0.951. The maximum atomic E-state index is 10.5. The number of hydrogen-bond acceptors (Lipinski definition) is 3. The molecule has 2 N–H and O–H groups in total. The summed E-state index contributed by atoms with van der Waals surface area (Å²) in [7, 11) is 0. The summed E-state index contributed by atoms with van der Waals surface area (Å²) in [5, 5.41) is 11.8. The molecule has 76 valence electrons. The Bertz CT molecular complexity index is 308. The number of nitrogens with one attached hydrogen (secondary N) is 1. The third kappa shape index (κ3) is 2.73. The third-order valence-electron chi connectivity index (χ3n) is 2.02. The molecule has 4 nitrogen and oxygen atoms in total. The summed E-state index contributed by atoms with van der Waals surface area (Å²) in [5.74, 6) is -0.239. The summed E-state index contributed by atoms with van der Waals surface area (Å²) in [6, 6.07) is 3.56. The number of nitrogens with zero attached hydrogens (tertiary/aromatic N) is 1. The number of aromatic nitrogens is 1. The molecule has 1 heterocycles. The van der Waals surface area contributed by atoms with Gasteiger partial charge in [-0.25, -0.2) is 9.78 Å². The van der Waals surface area contributed by atoms with Crippen LogP contribution in [0.15, 0.2) is 18.3 Å². The molecular formula is C10H14N2O2. The van der Waals surface area contributed by atoms with E-state index in [1.54, 1.807) is 12.1 Å². The van der Waals surface area contributed by atoms with Crippen LogP contribution in [-0.4, -0.2) is 22.1 Å². The van der Waals surface area contributed by atoms with E-state index < -0.39 is 5.97 Å². The largest absolute Gasteiger partial charge is 0.478 e. The van der Waals surface area contributed by atoms with E-state index in [-0.39, 0.29) is 5.56 Å². The molecule has 0 radical (unpaired) electrons. The van der Waals surface area contributed by atoms with E-state index in [0.717, 1.165) is 6.42 Å². The molecule has 14 heavy (non-hydrogen) atoms. The minimum absolute atomic E-state index is 0.208. The highest BCUT2D eigenvalue weighted by Gasteiger charge is 2.03. The lowest BCUT2D eigenvalue weighted by atomic mass is 10.2. The fraction of sp³-hybridized carbons (Fsp3) is 0.400. The fourth-order valence-electron chi connectivity index (χ4n) is 0.960. The molecule has 0 aromatic carbocycles. The Morgan fingerprint density at radius 2 is 2.36 bits per heavy atom. The van der Waals surface area contributed by atoms with Gasteiger partial charge in [0.2, 0.25) is 0 Å². The van der Waals surface area contributed by atoms with Crippen LogP contribution >= 0.6 is 0 Å². The van der Waals surface area contributed by atoms with Crippen LogP contribution in [0.5, 0.6) is 0 Å². The molecule has 4 heteroatoms. The van der Waals surface area contributed by atoms with Crippen molar-refractivity contribution in [3.63, 3.8) is 0 Å². The molecule has 1 aromatic rings. The van der Waals surface area contributed by atoms with E-state index in [4.69, 9.17) is 5.11 Å². The van der Waals surface area contributed by atoms with Crippen LogP contribution in [0.2, 0.25) is 0 Å². The summed E-state index contributed by atoms with van der Waals surface area (Å²) in [6.07, 6.45) is 2.36. The lowest BCUT2D eigenvalue weighted by Gasteiger charge is -2.11. The second-order valence-electron chi connectivity index (χ2n) is 3.19. The molecule has 0 saturated heterocycles. The lowest BCUT2D eigenvalue weighted by Crippen LogP contribution is -2.14. The van der Waals surface area contributed by atoms with Crippen molar-refractivity contribution in [3.8, 4) is 0 Å². The summed E-state index contributed by atoms with van der Waals surface area (Å²) in [5.41, 5.74) is 0.208. The van der Waals surface area contributed by atoms with Crippen LogP contribution < -0.4 is 5.32 Å². The molecule has 1 atom stereocenters. The zero-order chi connectivity index (χ0) is 10.6. The summed E-state index contributed by atoms with van der Waals surface area (Å²) >= 11 is 0. The average molecular weight is 194 g/mol. The number of carboxylic acids is 1. The maximum Gasteiger partial charge on any atom is 0.337 e. The van der Waals surface area contributed by atoms with Crippen LogP contribution in [0, 0.1) is 0 Å². The van der Waals surface area contributed by atoms with Gasteiger partial charge < -0.3 is 10.4 Å². The zero-order valence-corrected chi connectivity index (χ0v) is 8.32. The van der Waals surface area contributed by atoms with Gasteiger partial charge in [-0.05, 0) is 25.5 Å². The number of anilines is 1. The lowest BCUT2D eigenvalue weighted by molar-refractivity contribution is 0.0696. The number of aromatic carboxylic acids is 1. The predicted molar refractivity (Wildman–Crippen MR) is 54.6 cm³/mol. The first kappa shape index (κ1) is 10.5. The normalized spacial score (nSPS) is 12.1. The number of pyridine rings is 1. The SMILES string of the molecule is CCC(C)Nc1ccc(C(=O)O)cn1. The van der Waals surface area contributed by atoms with Gasteiger partial charge >= 0.3 is 5.97 Å². The summed E-state index contributed by atoms with van der Waals surface area (Å²) in [6.45, 7) is 4.12. The molecule has 0 bridgehead atoms. The predicted octanol–water partition coefficient (Wildman–Crippen LogP) is 1.99. The van der Waals surface area contributed by atoms with Crippen LogP contribution in [0.3, 0.4) is 0 Å². The van der Waals surface area contributed by atoms with Gasteiger partial charge in [0.25, 0.3) is 0 Å². The smallest absolute Gasteiger partial charge is 0.337 e. The Morgan fingerprint density at radius 1 is 1.64 bits per heavy atom. The van der Waals surface area contributed by atoms with Crippen LogP contribution in [0.25, 0.3) is 0 Å². The number of carboxylic acid groups (broad SMARTS) is 1. The van der Waals surface area contributed by atoms with Gasteiger partial charge in [0.05, 0.1) is 5.56 Å². The second kappa shape index (κ2) is 4.60. The first-order valence-electron chi connectivity index (χ1n) is 4.59. The molecule has 0 amide bonds. The molecule has 1 aromatic heterocycles. The van der Waals surface area contributed by atoms with Gasteiger partial charge in [0, 0.05) is 12.2 Å². The van der Waals surface area contributed by atoms with Gasteiger partial charge in [-0.3, -0.25) is 0 Å². The molecule has 1 unspecified atom stereocenters. The zero-order valence-electron chi connectivity index (χ0n) is 8.32. The Morgan fingerprint density at radius 3 is 2.79 bits per heavy atom. The first-order valence-corrected chi connectivity index (χ1v) is 4.59. The van der Waals surface area contributed by atoms with Crippen LogP contribution in [-0.2, 0) is 0 Å². The molecule has 1 rings (SSSR count). The minimum Gasteiger partial charge on any atom is -0.478 e. The van der Waals surface area contributed by atoms with Crippen molar-refractivity contribution < 1.29 is 9.90 Å². The highest BCUT2D eigenvalue weighted by Crippen LogP contribution is 2.07. The van der Waals surface area contributed by atoms with Crippen molar-refractivity contribution in [2.45, 2.75) is 26.3 Å². The van der Waals surface area contributed by atoms with Crippen molar-refractivity contribution in [2.75, 3.05) is 5.32 Å². The number of rotatable bonds is 4. The molecular weight excluding hydrogens is 180 g/mol. The number of hydrogen-bond donors (Lipinski definition) is 2. The van der Waals surface area contributed by atoms with Crippen molar-refractivity contribution >= 4 is 11.8 Å². The van der Waals surface area contributed by atoms with Crippen molar-refractivity contribution in [1.29, 1.82) is 0 Å². The van der Waals surface area contributed by atoms with Gasteiger partial charge in [0.1, 0.15) is 5.82 Å². The van der Waals surface area contributed by atoms with Crippen LogP contribution in [0.4, 0.5) is 5.82 Å². The second-order valence-corrected chi connectivity index (χ2v) is 3.19. The molecule has 0 aliphatic carbocycles. The molecule has 0 aliphatic heterocycles. The van der Waals surface area contributed by atoms with E-state index in [1.807, 2.05) is 6.92 Å². The molecule has 0 spiro atoms. The third-order valence-corrected chi connectivity index (χ3v) is 2.02. The maximum absolute atomic E-state index is 10.5. The average Bonchev–Trinajstić information content (AvgIpc) is 2.18. The van der Waals surface area contributed by atoms with Crippen molar-refractivity contribution in [3.05, 3.63) is 23.9 Å². The Balaban J connectivity index is 2.68. The van der Waals surface area contributed by atoms with E-state index in [0.29, 0.717) is 11.9 Å². The van der Waals surface area contributed by atoms with E-state index in [2.05, 4.69) is 17.2 Å². The van der Waals surface area contributed by atoms with Crippen LogP contribution in [0.1, 0.15) is 30.6 Å². The molecule has 0 aliphatic rings. The van der Waals surface area contributed by atoms with E-state index in [1.165, 1.54) is 6.20 Å². The summed E-state index contributed by atoms with van der Waals surface area (Å²) < 4.78 is 0. The van der Waals surface area contributed by atoms with Gasteiger partial charge in [-0.15, -0.1) is 0 Å². The Labute approximate surface area is 83.0 Å². The van der Waals surface area contributed by atoms with E-state index in [9.17, 15) is 4.79 Å². The Kier molecular flexibility index (Phi) is 3.45. The molecule has 0 fully saturated rings. The van der Waals surface area contributed by atoms with Crippen molar-refractivity contribution in [2.24, 2.45) is 0 Å². The standard InChI is InChI=1S/C10H14N2O2/c1-3-7(2)12-9-5-4-8(6-11-9)10(13)14/h4-7H,3H2,1-2H3,(H,11,12)(H,13,14). The quantitative estimate of drug-likeness (QED) is 0.769. The van der Waals surface area contributed by atoms with Crippen molar-refractivity contribution in [1.82, 2.24) is 4.98 Å².